The molecule has 0 saturated heterocycles. The van der Waals surface area contributed by atoms with E-state index in [2.05, 4.69) is 27.4 Å². The molecule has 84 valence electrons. The molecule has 0 aromatic heterocycles. The van der Waals surface area contributed by atoms with Crippen molar-refractivity contribution in [2.75, 3.05) is 6.61 Å². The van der Waals surface area contributed by atoms with Crippen LogP contribution in [0.4, 0.5) is 0 Å². The Hall–Kier alpha value is -0.300. The van der Waals surface area contributed by atoms with E-state index in [0.29, 0.717) is 6.10 Å². The zero-order valence-corrected chi connectivity index (χ0v) is 10.1. The lowest BCUT2D eigenvalue weighted by Crippen LogP contribution is -2.21. The maximum absolute atomic E-state index is 5.58. The number of hydrogen-bond acceptors (Lipinski definition) is 1. The van der Waals surface area contributed by atoms with Crippen LogP contribution in [-0.2, 0) is 4.74 Å². The first-order valence-electron chi connectivity index (χ1n) is 5.97. The topological polar surface area (TPSA) is 9.23 Å². The quantitative estimate of drug-likeness (QED) is 0.618. The second kappa shape index (κ2) is 9.26. The Morgan fingerprint density at radius 2 is 2.00 bits per heavy atom. The van der Waals surface area contributed by atoms with Crippen LogP contribution in [0.5, 0.6) is 0 Å². The molecule has 0 aliphatic heterocycles. The summed E-state index contributed by atoms with van der Waals surface area (Å²) in [5.74, 6) is 0.860. The van der Waals surface area contributed by atoms with E-state index in [1.807, 2.05) is 6.08 Å². The van der Waals surface area contributed by atoms with Gasteiger partial charge in [-0.2, -0.15) is 0 Å². The molecular weight excluding hydrogens is 172 g/mol. The fourth-order valence-electron chi connectivity index (χ4n) is 1.73. The van der Waals surface area contributed by atoms with Crippen molar-refractivity contribution in [1.82, 2.24) is 0 Å². The second-order valence-corrected chi connectivity index (χ2v) is 4.22. The van der Waals surface area contributed by atoms with Gasteiger partial charge in [-0.25, -0.2) is 0 Å². The predicted octanol–water partition coefficient (Wildman–Crippen LogP) is 4.18. The van der Waals surface area contributed by atoms with Crippen LogP contribution in [0.25, 0.3) is 0 Å². The van der Waals surface area contributed by atoms with Crippen molar-refractivity contribution < 1.29 is 4.74 Å². The van der Waals surface area contributed by atoms with Crippen LogP contribution >= 0.6 is 0 Å². The third-order valence-electron chi connectivity index (χ3n) is 2.34. The molecule has 0 amide bonds. The minimum absolute atomic E-state index is 0.511. The highest BCUT2D eigenvalue weighted by atomic mass is 16.5. The summed E-state index contributed by atoms with van der Waals surface area (Å²) in [6.45, 7) is 10.9. The monoisotopic (exact) mass is 198 g/mol. The van der Waals surface area contributed by atoms with Gasteiger partial charge in [0.25, 0.3) is 0 Å². The van der Waals surface area contributed by atoms with E-state index in [1.165, 1.54) is 32.1 Å². The van der Waals surface area contributed by atoms with Gasteiger partial charge in [-0.1, -0.05) is 46.1 Å². The number of ether oxygens (including phenoxy) is 1. The van der Waals surface area contributed by atoms with Crippen molar-refractivity contribution in [2.45, 2.75) is 59.0 Å². The van der Waals surface area contributed by atoms with Gasteiger partial charge in [0.1, 0.15) is 0 Å². The largest absolute Gasteiger partial charge is 0.374 e. The Morgan fingerprint density at radius 1 is 1.36 bits per heavy atom. The van der Waals surface area contributed by atoms with Crippen molar-refractivity contribution in [3.63, 3.8) is 0 Å². The zero-order chi connectivity index (χ0) is 10.8. The Kier molecular flexibility index (Phi) is 9.06. The van der Waals surface area contributed by atoms with Crippen LogP contribution in [-0.4, -0.2) is 12.7 Å². The van der Waals surface area contributed by atoms with E-state index >= 15 is 0 Å². The molecule has 2 atom stereocenters. The summed E-state index contributed by atoms with van der Waals surface area (Å²) >= 11 is 0. The minimum Gasteiger partial charge on any atom is -0.374 e. The molecular formula is C13H26O. The van der Waals surface area contributed by atoms with E-state index < -0.39 is 0 Å². The van der Waals surface area contributed by atoms with Gasteiger partial charge in [-0.15, -0.1) is 6.58 Å². The van der Waals surface area contributed by atoms with Gasteiger partial charge in [0.15, 0.2) is 0 Å². The molecule has 0 spiro atoms. The van der Waals surface area contributed by atoms with Gasteiger partial charge >= 0.3 is 0 Å². The van der Waals surface area contributed by atoms with Crippen molar-refractivity contribution in [3.05, 3.63) is 12.7 Å². The third kappa shape index (κ3) is 7.14. The van der Waals surface area contributed by atoms with Crippen LogP contribution in [0, 0.1) is 5.92 Å². The highest BCUT2D eigenvalue weighted by Gasteiger charge is 2.18. The first-order chi connectivity index (χ1) is 6.74. The Balaban J connectivity index is 0.000000500. The van der Waals surface area contributed by atoms with E-state index in [9.17, 15) is 0 Å². The Labute approximate surface area is 89.5 Å². The lowest BCUT2D eigenvalue weighted by atomic mass is 9.89. The smallest absolute Gasteiger partial charge is 0.0648 e. The summed E-state index contributed by atoms with van der Waals surface area (Å²) < 4.78 is 5.58. The molecule has 1 fully saturated rings. The van der Waals surface area contributed by atoms with Crippen molar-refractivity contribution in [1.29, 1.82) is 0 Å². The lowest BCUT2D eigenvalue weighted by Gasteiger charge is -2.26. The summed E-state index contributed by atoms with van der Waals surface area (Å²) in [6, 6.07) is 0. The summed E-state index contributed by atoms with van der Waals surface area (Å²) in [6.07, 6.45) is 8.80. The molecule has 1 heteroatoms. The first kappa shape index (κ1) is 13.7. The number of hydrogen-bond donors (Lipinski definition) is 0. The average Bonchev–Trinajstić information content (AvgIpc) is 2.16. The van der Waals surface area contributed by atoms with E-state index in [1.54, 1.807) is 0 Å². The molecule has 0 N–H and O–H groups in total. The molecule has 1 rings (SSSR count). The van der Waals surface area contributed by atoms with Gasteiger partial charge < -0.3 is 4.74 Å². The molecule has 0 radical (unpaired) electrons. The third-order valence-corrected chi connectivity index (χ3v) is 2.34. The molecule has 1 saturated carbocycles. The van der Waals surface area contributed by atoms with E-state index in [-0.39, 0.29) is 0 Å². The minimum atomic E-state index is 0.511. The Morgan fingerprint density at radius 3 is 2.50 bits per heavy atom. The highest BCUT2D eigenvalue weighted by molar-refractivity contribution is 4.73. The van der Waals surface area contributed by atoms with Crippen molar-refractivity contribution in [2.24, 2.45) is 5.92 Å². The van der Waals surface area contributed by atoms with Crippen LogP contribution in [0.3, 0.4) is 0 Å². The summed E-state index contributed by atoms with van der Waals surface area (Å²) in [7, 11) is 0. The molecule has 0 aromatic carbocycles. The van der Waals surface area contributed by atoms with E-state index in [4.69, 9.17) is 4.74 Å². The normalized spacial score (nSPS) is 26.2. The SMILES string of the molecule is C=CCO[C@H]1CCC[C@@H](C)C1.CCC. The van der Waals surface area contributed by atoms with Crippen LogP contribution in [0.1, 0.15) is 52.9 Å². The van der Waals surface area contributed by atoms with Crippen molar-refractivity contribution >= 4 is 0 Å². The maximum atomic E-state index is 5.58. The molecule has 14 heavy (non-hydrogen) atoms. The standard InChI is InChI=1S/C10H18O.C3H8/c1-3-7-11-10-6-4-5-9(2)8-10;1-3-2/h3,9-10H,1,4-8H2,2H3;3H2,1-2H3/t9-,10+;/m1./s1. The summed E-state index contributed by atoms with van der Waals surface area (Å²) in [5.41, 5.74) is 0. The second-order valence-electron chi connectivity index (χ2n) is 4.22. The molecule has 0 heterocycles. The first-order valence-corrected chi connectivity index (χ1v) is 5.97. The van der Waals surface area contributed by atoms with Gasteiger partial charge in [0.05, 0.1) is 12.7 Å². The molecule has 0 unspecified atom stereocenters. The van der Waals surface area contributed by atoms with Gasteiger partial charge in [-0.3, -0.25) is 0 Å². The lowest BCUT2D eigenvalue weighted by molar-refractivity contribution is 0.0322. The Bertz CT molecular complexity index is 131. The molecule has 0 aromatic rings. The predicted molar refractivity (Wildman–Crippen MR) is 63.5 cm³/mol. The average molecular weight is 198 g/mol. The van der Waals surface area contributed by atoms with Crippen LogP contribution < -0.4 is 0 Å². The van der Waals surface area contributed by atoms with Gasteiger partial charge in [-0.05, 0) is 18.8 Å². The molecule has 1 aliphatic rings. The molecule has 0 bridgehead atoms. The van der Waals surface area contributed by atoms with Crippen LogP contribution in [0.15, 0.2) is 12.7 Å². The highest BCUT2D eigenvalue weighted by Crippen LogP contribution is 2.25. The van der Waals surface area contributed by atoms with Crippen LogP contribution in [0.2, 0.25) is 0 Å². The fraction of sp³-hybridized carbons (Fsp3) is 0.846. The summed E-state index contributed by atoms with van der Waals surface area (Å²) in [4.78, 5) is 0. The fourth-order valence-corrected chi connectivity index (χ4v) is 1.73. The maximum Gasteiger partial charge on any atom is 0.0648 e. The summed E-state index contributed by atoms with van der Waals surface area (Å²) in [5, 5.41) is 0. The molecule has 1 aliphatic carbocycles. The van der Waals surface area contributed by atoms with Gasteiger partial charge in [0.2, 0.25) is 0 Å². The van der Waals surface area contributed by atoms with Crippen molar-refractivity contribution in [3.8, 4) is 0 Å². The molecule has 1 nitrogen and oxygen atoms in total. The van der Waals surface area contributed by atoms with Gasteiger partial charge in [0, 0.05) is 0 Å². The zero-order valence-electron chi connectivity index (χ0n) is 10.1. The van der Waals surface area contributed by atoms with E-state index in [0.717, 1.165) is 12.5 Å². The number of rotatable bonds is 3.